The van der Waals surface area contributed by atoms with Crippen LogP contribution in [-0.2, 0) is 11.0 Å². The van der Waals surface area contributed by atoms with E-state index in [1.54, 1.807) is 6.92 Å². The second-order valence-electron chi connectivity index (χ2n) is 5.26. The number of carbonyl (C=O) groups excluding carboxylic acids is 1. The van der Waals surface area contributed by atoms with Gasteiger partial charge in [-0.1, -0.05) is 30.3 Å². The fourth-order valence-corrected chi connectivity index (χ4v) is 3.09. The third kappa shape index (κ3) is 4.84. The Hall–Kier alpha value is -2.45. The van der Waals surface area contributed by atoms with Gasteiger partial charge in [-0.15, -0.1) is 10.2 Å². The molecule has 1 aromatic carbocycles. The molecule has 0 bridgehead atoms. The summed E-state index contributed by atoms with van der Waals surface area (Å²) in [6.07, 6.45) is -4.32. The number of hydrogen-bond acceptors (Lipinski definition) is 6. The lowest BCUT2D eigenvalue weighted by Gasteiger charge is -2.19. The van der Waals surface area contributed by atoms with Crippen LogP contribution in [0.4, 0.5) is 24.8 Å². The highest BCUT2D eigenvalue weighted by molar-refractivity contribution is 7.99. The molecular formula is C15H14ClF3N6OS. The van der Waals surface area contributed by atoms with Gasteiger partial charge < -0.3 is 11.1 Å². The van der Waals surface area contributed by atoms with E-state index >= 15 is 0 Å². The van der Waals surface area contributed by atoms with Gasteiger partial charge in [-0.2, -0.15) is 18.4 Å². The van der Waals surface area contributed by atoms with Crippen molar-refractivity contribution in [2.24, 2.45) is 0 Å². The quantitative estimate of drug-likeness (QED) is 0.691. The van der Waals surface area contributed by atoms with E-state index in [1.165, 1.54) is 4.57 Å². The van der Waals surface area contributed by atoms with E-state index in [0.717, 1.165) is 30.0 Å². The predicted octanol–water partition coefficient (Wildman–Crippen LogP) is 3.74. The van der Waals surface area contributed by atoms with Crippen LogP contribution in [0.25, 0.3) is 0 Å². The first-order valence-corrected chi connectivity index (χ1v) is 8.93. The molecule has 12 heteroatoms. The highest BCUT2D eigenvalue weighted by Gasteiger charge is 2.32. The molecule has 0 fully saturated rings. The van der Waals surface area contributed by atoms with Crippen molar-refractivity contribution < 1.29 is 18.0 Å². The Morgan fingerprint density at radius 1 is 1.48 bits per heavy atom. The topological polar surface area (TPSA) is 110 Å². The van der Waals surface area contributed by atoms with Crippen molar-refractivity contribution in [3.8, 4) is 6.07 Å². The van der Waals surface area contributed by atoms with Gasteiger partial charge in [-0.05, 0) is 24.6 Å². The van der Waals surface area contributed by atoms with Gasteiger partial charge >= 0.3 is 6.18 Å². The molecule has 0 saturated carbocycles. The Kier molecular flexibility index (Phi) is 6.56. The van der Waals surface area contributed by atoms with Crippen LogP contribution in [0, 0.1) is 11.3 Å². The Morgan fingerprint density at radius 3 is 2.78 bits per heavy atom. The number of rotatable bonds is 6. The summed E-state index contributed by atoms with van der Waals surface area (Å²) in [4.78, 5) is 12.7. The fraction of sp³-hybridized carbons (Fsp3) is 0.333. The largest absolute Gasteiger partial charge is 0.416 e. The number of benzene rings is 1. The highest BCUT2D eigenvalue weighted by atomic mass is 35.5. The molecule has 2 rings (SSSR count). The first-order chi connectivity index (χ1) is 12.7. The summed E-state index contributed by atoms with van der Waals surface area (Å²) in [5.74, 6) is -0.619. The monoisotopic (exact) mass is 418 g/mol. The van der Waals surface area contributed by atoms with E-state index in [9.17, 15) is 18.0 Å². The van der Waals surface area contributed by atoms with E-state index in [2.05, 4.69) is 15.5 Å². The molecule has 0 spiro atoms. The van der Waals surface area contributed by atoms with Crippen LogP contribution in [0.1, 0.15) is 24.9 Å². The molecule has 2 aromatic rings. The molecule has 1 aromatic heterocycles. The number of anilines is 2. The van der Waals surface area contributed by atoms with Gasteiger partial charge in [-0.3, -0.25) is 9.36 Å². The summed E-state index contributed by atoms with van der Waals surface area (Å²) < 4.78 is 40.0. The van der Waals surface area contributed by atoms with Crippen molar-refractivity contribution in [3.63, 3.8) is 0 Å². The number of aromatic nitrogens is 3. The third-order valence-corrected chi connectivity index (χ3v) is 4.65. The Morgan fingerprint density at radius 2 is 2.19 bits per heavy atom. The summed E-state index contributed by atoms with van der Waals surface area (Å²) >= 11 is 6.95. The number of nitrogens with one attached hydrogen (secondary N) is 1. The average Bonchev–Trinajstić information content (AvgIpc) is 2.95. The van der Waals surface area contributed by atoms with Crippen molar-refractivity contribution in [3.05, 3.63) is 28.8 Å². The normalized spacial score (nSPS) is 12.4. The van der Waals surface area contributed by atoms with Crippen molar-refractivity contribution >= 4 is 40.9 Å². The summed E-state index contributed by atoms with van der Waals surface area (Å²) in [6.45, 7) is 1.69. The van der Waals surface area contributed by atoms with Gasteiger partial charge in [0.2, 0.25) is 11.9 Å². The number of nitrogens with two attached hydrogens (primary N) is 1. The minimum absolute atomic E-state index is 0.0398. The molecule has 1 amide bonds. The van der Waals surface area contributed by atoms with Gasteiger partial charge in [0.15, 0.2) is 5.16 Å². The van der Waals surface area contributed by atoms with Gasteiger partial charge in [0.05, 0.1) is 28.1 Å². The second kappa shape index (κ2) is 8.49. The fourth-order valence-electron chi connectivity index (χ4n) is 2.28. The Bertz CT molecular complexity index is 879. The number of nitriles is 1. The number of halogens is 4. The first kappa shape index (κ1) is 20.9. The molecule has 0 radical (unpaired) electrons. The van der Waals surface area contributed by atoms with Crippen LogP contribution in [0.15, 0.2) is 23.4 Å². The lowest BCUT2D eigenvalue weighted by molar-refractivity contribution is -0.137. The number of nitrogen functional groups attached to an aromatic ring is 1. The first-order valence-electron chi connectivity index (χ1n) is 7.56. The van der Waals surface area contributed by atoms with E-state index in [0.29, 0.717) is 0 Å². The lowest BCUT2D eigenvalue weighted by atomic mass is 10.1. The average molecular weight is 419 g/mol. The smallest absolute Gasteiger partial charge is 0.368 e. The summed E-state index contributed by atoms with van der Waals surface area (Å²) in [6, 6.07) is 3.67. The van der Waals surface area contributed by atoms with Crippen LogP contribution < -0.4 is 11.1 Å². The Balaban J connectivity index is 2.32. The number of amides is 1. The number of carbonyl (C=O) groups is 1. The van der Waals surface area contributed by atoms with E-state index in [4.69, 9.17) is 22.6 Å². The molecular weight excluding hydrogens is 405 g/mol. The second-order valence-corrected chi connectivity index (χ2v) is 6.61. The number of hydrogen-bond donors (Lipinski definition) is 2. The molecule has 144 valence electrons. The third-order valence-electron chi connectivity index (χ3n) is 3.51. The maximum Gasteiger partial charge on any atom is 0.416 e. The Labute approximate surface area is 161 Å². The SMILES string of the molecule is CCC(C(=O)Nc1cc(C(F)(F)F)ccc1Cl)n1c(N)nnc1SCC#N. The lowest BCUT2D eigenvalue weighted by Crippen LogP contribution is -2.27. The van der Waals surface area contributed by atoms with Crippen molar-refractivity contribution in [1.29, 1.82) is 5.26 Å². The van der Waals surface area contributed by atoms with Gasteiger partial charge in [0.1, 0.15) is 6.04 Å². The molecule has 0 aliphatic heterocycles. The number of alkyl halides is 3. The van der Waals surface area contributed by atoms with Crippen LogP contribution in [0.3, 0.4) is 0 Å². The maximum absolute atomic E-state index is 12.9. The number of thioether (sulfide) groups is 1. The molecule has 1 unspecified atom stereocenters. The van der Waals surface area contributed by atoms with Gasteiger partial charge in [-0.25, -0.2) is 0 Å². The van der Waals surface area contributed by atoms with Gasteiger partial charge in [0, 0.05) is 0 Å². The minimum atomic E-state index is -4.58. The standard InChI is InChI=1S/C15H14ClF3N6OS/c1-2-11(25-13(21)23-24-14(25)27-6-5-20)12(26)22-10-7-8(15(17,18)19)3-4-9(10)16/h3-4,7,11H,2,6H2,1H3,(H2,21,23)(H,22,26). The zero-order valence-electron chi connectivity index (χ0n) is 13.9. The van der Waals surface area contributed by atoms with Crippen molar-refractivity contribution in [2.75, 3.05) is 16.8 Å². The van der Waals surface area contributed by atoms with Crippen LogP contribution in [0.5, 0.6) is 0 Å². The molecule has 1 heterocycles. The zero-order valence-corrected chi connectivity index (χ0v) is 15.5. The van der Waals surface area contributed by atoms with Gasteiger partial charge in [0.25, 0.3) is 0 Å². The molecule has 3 N–H and O–H groups in total. The molecule has 27 heavy (non-hydrogen) atoms. The summed E-state index contributed by atoms with van der Waals surface area (Å²) in [5, 5.41) is 18.8. The summed E-state index contributed by atoms with van der Waals surface area (Å²) in [5.41, 5.74) is 4.66. The molecule has 0 aliphatic rings. The van der Waals surface area contributed by atoms with Crippen molar-refractivity contribution in [2.45, 2.75) is 30.7 Å². The number of nitrogens with zero attached hydrogens (tertiary/aromatic N) is 4. The van der Waals surface area contributed by atoms with Crippen LogP contribution in [-0.4, -0.2) is 26.4 Å². The molecule has 7 nitrogen and oxygen atoms in total. The van der Waals surface area contributed by atoms with E-state index < -0.39 is 23.7 Å². The van der Waals surface area contributed by atoms with E-state index in [1.807, 2.05) is 6.07 Å². The molecule has 1 atom stereocenters. The van der Waals surface area contributed by atoms with Crippen LogP contribution in [0.2, 0.25) is 5.02 Å². The minimum Gasteiger partial charge on any atom is -0.368 e. The van der Waals surface area contributed by atoms with E-state index in [-0.39, 0.29) is 34.0 Å². The maximum atomic E-state index is 12.9. The summed E-state index contributed by atoms with van der Waals surface area (Å²) in [7, 11) is 0. The van der Waals surface area contributed by atoms with Crippen molar-refractivity contribution in [1.82, 2.24) is 14.8 Å². The zero-order chi connectivity index (χ0) is 20.2. The highest BCUT2D eigenvalue weighted by Crippen LogP contribution is 2.34. The predicted molar refractivity (Wildman–Crippen MR) is 95.2 cm³/mol. The van der Waals surface area contributed by atoms with Crippen LogP contribution >= 0.6 is 23.4 Å². The molecule has 0 aliphatic carbocycles. The molecule has 0 saturated heterocycles.